The predicted molar refractivity (Wildman–Crippen MR) is 258 cm³/mol. The molecule has 3 saturated carbocycles. The van der Waals surface area contributed by atoms with Crippen molar-refractivity contribution in [1.29, 1.82) is 0 Å². The van der Waals surface area contributed by atoms with Gasteiger partial charge in [-0.05, 0) is 106 Å². The summed E-state index contributed by atoms with van der Waals surface area (Å²) in [5, 5.41) is 0. The van der Waals surface area contributed by atoms with E-state index in [4.69, 9.17) is 15.7 Å². The van der Waals surface area contributed by atoms with Crippen LogP contribution in [0.15, 0.2) is 46.2 Å². The van der Waals surface area contributed by atoms with Crippen molar-refractivity contribution in [3.05, 3.63) is 48.0 Å². The summed E-state index contributed by atoms with van der Waals surface area (Å²) >= 11 is 0. The van der Waals surface area contributed by atoms with Crippen LogP contribution in [0.5, 0.6) is 0 Å². The minimum atomic E-state index is -3.69. The van der Waals surface area contributed by atoms with Crippen molar-refractivity contribution in [2.45, 2.75) is 177 Å². The molecule has 2 N–H and O–H groups in total. The van der Waals surface area contributed by atoms with Crippen molar-refractivity contribution in [2.75, 3.05) is 26.2 Å². The van der Waals surface area contributed by atoms with Gasteiger partial charge in [0.25, 0.3) is 0 Å². The number of rotatable bonds is 11. The topological polar surface area (TPSA) is 153 Å². The summed E-state index contributed by atoms with van der Waals surface area (Å²) in [6, 6.07) is 10.0. The molecular formula is C49H70ClF4N7O5S2. The second-order valence-electron chi connectivity index (χ2n) is 22.4. The highest BCUT2D eigenvalue weighted by molar-refractivity contribution is 7.89. The third-order valence-corrected chi connectivity index (χ3v) is 18.3. The standard InChI is InChI=1S/C27H37F2N3O3S.C22H32F2N4O2S.ClH/c1-26(2,3)25-30-22-15-21(6-7-23(22)32(25)17-18-8-11-27(28,29)12-9-18)36(34,35)31-13-10-19(16-31)14-24(33)20-4-5-20;1-21(2,3)20-26-18-12-17(31(29,30)27-11-8-16(25)14-27)4-5-19(18)28(20)13-15-6-9-22(23,24)10-7-15;/h6-7,15,18-20H,4-5,8-14,16-17H2,1-3H3;4-5,12,15-16H,6-11,13-14,25H2,1-3H3;1H/t19-;16-;/m10./s1. The number of alkyl halides is 4. The fraction of sp³-hybridized carbons (Fsp3) is 0.694. The Bertz CT molecular complexity index is 2690. The second kappa shape index (κ2) is 19.5. The van der Waals surface area contributed by atoms with Crippen molar-refractivity contribution in [3.8, 4) is 0 Å². The number of imidazole rings is 2. The van der Waals surface area contributed by atoms with E-state index in [-0.39, 0.29) is 94.2 Å². The van der Waals surface area contributed by atoms with Gasteiger partial charge < -0.3 is 14.9 Å². The quantitative estimate of drug-likeness (QED) is 0.146. The summed E-state index contributed by atoms with van der Waals surface area (Å²) in [7, 11) is -7.31. The number of carbonyl (C=O) groups excluding carboxylic acids is 1. The number of fused-ring (bicyclic) bond motifs is 2. The zero-order valence-corrected chi connectivity index (χ0v) is 42.8. The molecule has 2 aromatic carbocycles. The number of nitrogens with two attached hydrogens (primary N) is 1. The number of nitrogens with zero attached hydrogens (tertiary/aromatic N) is 6. The average Bonchev–Trinajstić information content (AvgIpc) is 3.51. The van der Waals surface area contributed by atoms with Gasteiger partial charge >= 0.3 is 0 Å². The van der Waals surface area contributed by atoms with E-state index in [1.165, 1.54) is 8.61 Å². The monoisotopic (exact) mass is 1010 g/mol. The van der Waals surface area contributed by atoms with E-state index in [2.05, 4.69) is 50.7 Å². The first-order chi connectivity index (χ1) is 31.2. The molecule has 4 aromatic rings. The van der Waals surface area contributed by atoms with E-state index in [9.17, 15) is 39.2 Å². The van der Waals surface area contributed by atoms with E-state index >= 15 is 0 Å². The van der Waals surface area contributed by atoms with Crippen LogP contribution in [0.1, 0.15) is 137 Å². The maximum absolute atomic E-state index is 13.7. The number of Topliss-reactive ketones (excluding diaryl/α,β-unsaturated/α-hetero) is 1. The minimum absolute atomic E-state index is 0. The van der Waals surface area contributed by atoms with Gasteiger partial charge in [-0.1, -0.05) is 41.5 Å². The molecule has 5 fully saturated rings. The average molecular weight is 1010 g/mol. The Morgan fingerprint density at radius 3 is 1.43 bits per heavy atom. The minimum Gasteiger partial charge on any atom is -0.327 e. The third kappa shape index (κ3) is 11.6. The molecule has 68 heavy (non-hydrogen) atoms. The van der Waals surface area contributed by atoms with Crippen LogP contribution in [0.2, 0.25) is 0 Å². The van der Waals surface area contributed by atoms with Crippen LogP contribution in [0, 0.1) is 23.7 Å². The fourth-order valence-corrected chi connectivity index (χ4v) is 13.5. The van der Waals surface area contributed by atoms with Crippen LogP contribution in [0.4, 0.5) is 17.6 Å². The highest BCUT2D eigenvalue weighted by Crippen LogP contribution is 2.41. The van der Waals surface area contributed by atoms with E-state index in [0.717, 1.165) is 35.5 Å². The molecule has 0 bridgehead atoms. The highest BCUT2D eigenvalue weighted by atomic mass is 35.5. The molecule has 5 aliphatic rings. The molecule has 0 radical (unpaired) electrons. The first kappa shape index (κ1) is 52.7. The number of hydrogen-bond acceptors (Lipinski definition) is 8. The summed E-state index contributed by atoms with van der Waals surface area (Å²) in [5.74, 6) is -2.56. The number of aromatic nitrogens is 4. The highest BCUT2D eigenvalue weighted by Gasteiger charge is 2.40. The molecule has 9 rings (SSSR count). The van der Waals surface area contributed by atoms with Gasteiger partial charge in [-0.2, -0.15) is 8.61 Å². The molecule has 2 atom stereocenters. The molecule has 12 nitrogen and oxygen atoms in total. The second-order valence-corrected chi connectivity index (χ2v) is 26.2. The molecule has 0 unspecified atom stereocenters. The molecule has 378 valence electrons. The predicted octanol–water partition coefficient (Wildman–Crippen LogP) is 9.84. The molecule has 4 heterocycles. The lowest BCUT2D eigenvalue weighted by Crippen LogP contribution is -2.31. The maximum Gasteiger partial charge on any atom is 0.248 e. The lowest BCUT2D eigenvalue weighted by Gasteiger charge is -2.30. The third-order valence-electron chi connectivity index (χ3n) is 14.6. The summed E-state index contributed by atoms with van der Waals surface area (Å²) in [5.41, 5.74) is 8.27. The Kier molecular flexibility index (Phi) is 15.1. The van der Waals surface area contributed by atoms with Crippen LogP contribution in [-0.2, 0) is 48.8 Å². The van der Waals surface area contributed by atoms with Gasteiger partial charge in [-0.25, -0.2) is 44.4 Å². The van der Waals surface area contributed by atoms with Gasteiger partial charge in [0.2, 0.25) is 31.9 Å². The van der Waals surface area contributed by atoms with Crippen molar-refractivity contribution in [1.82, 2.24) is 27.7 Å². The van der Waals surface area contributed by atoms with E-state index in [0.29, 0.717) is 95.2 Å². The number of halogens is 5. The van der Waals surface area contributed by atoms with Crippen LogP contribution >= 0.6 is 12.4 Å². The van der Waals surface area contributed by atoms with Crippen molar-refractivity contribution in [2.24, 2.45) is 29.4 Å². The Hall–Kier alpha value is -3.16. The molecule has 0 amide bonds. The van der Waals surface area contributed by atoms with Gasteiger partial charge in [-0.3, -0.25) is 4.79 Å². The van der Waals surface area contributed by atoms with Crippen LogP contribution in [-0.4, -0.2) is 94.4 Å². The molecular weight excluding hydrogens is 942 g/mol. The van der Waals surface area contributed by atoms with Gasteiger partial charge in [0.1, 0.15) is 17.4 Å². The largest absolute Gasteiger partial charge is 0.327 e. The Labute approximate surface area is 405 Å². The summed E-state index contributed by atoms with van der Waals surface area (Å²) in [6.07, 6.45) is 5.40. The van der Waals surface area contributed by atoms with Crippen LogP contribution < -0.4 is 5.73 Å². The van der Waals surface area contributed by atoms with Crippen molar-refractivity contribution >= 4 is 60.3 Å². The summed E-state index contributed by atoms with van der Waals surface area (Å²) in [4.78, 5) is 22.3. The van der Waals surface area contributed by atoms with Gasteiger partial charge in [0, 0.05) is 94.2 Å². The Balaban J connectivity index is 0.000000201. The number of carbonyl (C=O) groups is 1. The molecule has 2 aliphatic heterocycles. The molecule has 2 saturated heterocycles. The lowest BCUT2D eigenvalue weighted by molar-refractivity contribution is -0.121. The SMILES string of the molecule is CC(C)(C)c1nc2cc(S(=O)(=O)N3CC[C@H](CC(=O)C4CC4)C3)ccc2n1CC1CCC(F)(F)CC1.CC(C)(C)c1nc2cc(S(=O)(=O)N3CC[C@H](N)C3)ccc2n1CC1CCC(F)(F)CC1.Cl. The first-order valence-corrected chi connectivity index (χ1v) is 27.1. The maximum atomic E-state index is 13.7. The zero-order chi connectivity index (χ0) is 48.5. The van der Waals surface area contributed by atoms with E-state index in [1.807, 2.05) is 6.07 Å². The van der Waals surface area contributed by atoms with Crippen LogP contribution in [0.25, 0.3) is 22.1 Å². The zero-order valence-electron chi connectivity index (χ0n) is 40.3. The van der Waals surface area contributed by atoms with Crippen LogP contribution in [0.3, 0.4) is 0 Å². The summed E-state index contributed by atoms with van der Waals surface area (Å²) < 4.78 is 115. The first-order valence-electron chi connectivity index (χ1n) is 24.3. The fourth-order valence-electron chi connectivity index (χ4n) is 10.4. The summed E-state index contributed by atoms with van der Waals surface area (Å²) in [6.45, 7) is 15.1. The molecule has 2 aromatic heterocycles. The molecule has 0 spiro atoms. The molecule has 19 heteroatoms. The van der Waals surface area contributed by atoms with Gasteiger partial charge in [0.15, 0.2) is 0 Å². The smallest absolute Gasteiger partial charge is 0.248 e. The van der Waals surface area contributed by atoms with E-state index in [1.54, 1.807) is 30.3 Å². The van der Waals surface area contributed by atoms with Crippen molar-refractivity contribution < 1.29 is 39.2 Å². The number of ketones is 1. The van der Waals surface area contributed by atoms with Crippen molar-refractivity contribution in [3.63, 3.8) is 0 Å². The Morgan fingerprint density at radius 2 is 1.04 bits per heavy atom. The van der Waals surface area contributed by atoms with Gasteiger partial charge in [0.05, 0.1) is 31.9 Å². The lowest BCUT2D eigenvalue weighted by atomic mass is 9.86. The Morgan fingerprint density at radius 1 is 0.632 bits per heavy atom. The van der Waals surface area contributed by atoms with Gasteiger partial charge in [-0.15, -0.1) is 12.4 Å². The number of sulfonamides is 2. The van der Waals surface area contributed by atoms with E-state index < -0.39 is 31.9 Å². The normalized spacial score (nSPS) is 23.5. The molecule has 3 aliphatic carbocycles. The number of benzene rings is 2. The number of hydrogen-bond donors (Lipinski definition) is 1.